The fourth-order valence-electron chi connectivity index (χ4n) is 2.62. The first-order valence-electron chi connectivity index (χ1n) is 7.79. The van der Waals surface area contributed by atoms with Crippen LogP contribution < -0.4 is 10.5 Å². The Bertz CT molecular complexity index is 997. The minimum atomic E-state index is 0.0753. The van der Waals surface area contributed by atoms with Crippen LogP contribution >= 0.6 is 12.2 Å². The molecule has 0 aliphatic carbocycles. The molecule has 0 atom stereocenters. The minimum Gasteiger partial charge on any atom is -0.488 e. The van der Waals surface area contributed by atoms with Crippen LogP contribution in [0.1, 0.15) is 11.1 Å². The molecule has 25 heavy (non-hydrogen) atoms. The lowest BCUT2D eigenvalue weighted by atomic mass is 10.1. The molecular formula is C21H16N2OS. The molecule has 0 aromatic heterocycles. The molecule has 0 saturated carbocycles. The van der Waals surface area contributed by atoms with Gasteiger partial charge >= 0.3 is 0 Å². The molecule has 0 aliphatic heterocycles. The molecule has 0 fully saturated rings. The number of ether oxygens (including phenoxy) is 1. The molecule has 0 amide bonds. The van der Waals surface area contributed by atoms with Gasteiger partial charge in [0.1, 0.15) is 23.4 Å². The molecular weight excluding hydrogens is 328 g/mol. The van der Waals surface area contributed by atoms with Crippen LogP contribution in [-0.2, 0) is 6.61 Å². The standard InChI is InChI=1S/C21H16N2OS/c22-13-18(21(23)25)12-16-7-2-4-11-20(16)24-14-17-9-5-8-15-6-1-3-10-19(15)17/h1-12H,14H2,(H2,23,25)/b18-12-. The third-order valence-electron chi connectivity index (χ3n) is 3.87. The number of fused-ring (bicyclic) bond motifs is 1. The van der Waals surface area contributed by atoms with Crippen LogP contribution in [-0.4, -0.2) is 4.99 Å². The number of nitrogens with zero attached hydrogens (tertiary/aromatic N) is 1. The first kappa shape index (κ1) is 16.7. The molecule has 0 spiro atoms. The van der Waals surface area contributed by atoms with E-state index in [2.05, 4.69) is 24.3 Å². The van der Waals surface area contributed by atoms with Gasteiger partial charge < -0.3 is 10.5 Å². The highest BCUT2D eigenvalue weighted by molar-refractivity contribution is 7.80. The Morgan fingerprint density at radius 2 is 1.76 bits per heavy atom. The summed E-state index contributed by atoms with van der Waals surface area (Å²) >= 11 is 4.90. The van der Waals surface area contributed by atoms with E-state index in [1.54, 1.807) is 6.08 Å². The van der Waals surface area contributed by atoms with Gasteiger partial charge in [-0.25, -0.2) is 0 Å². The number of nitrogens with two attached hydrogens (primary N) is 1. The molecule has 0 saturated heterocycles. The van der Waals surface area contributed by atoms with E-state index in [0.29, 0.717) is 12.4 Å². The topological polar surface area (TPSA) is 59.0 Å². The number of hydrogen-bond donors (Lipinski definition) is 1. The monoisotopic (exact) mass is 344 g/mol. The molecule has 0 unspecified atom stereocenters. The Kier molecular flexibility index (Phi) is 5.08. The van der Waals surface area contributed by atoms with Crippen molar-refractivity contribution in [2.75, 3.05) is 0 Å². The van der Waals surface area contributed by atoms with Crippen LogP contribution in [0.5, 0.6) is 5.75 Å². The summed E-state index contributed by atoms with van der Waals surface area (Å²) in [7, 11) is 0. The predicted octanol–water partition coefficient (Wildman–Crippen LogP) is 4.61. The Balaban J connectivity index is 1.89. The Morgan fingerprint density at radius 1 is 1.04 bits per heavy atom. The van der Waals surface area contributed by atoms with Gasteiger partial charge in [0.05, 0.1) is 5.57 Å². The van der Waals surface area contributed by atoms with Gasteiger partial charge in [-0.15, -0.1) is 0 Å². The zero-order chi connectivity index (χ0) is 17.6. The van der Waals surface area contributed by atoms with Crippen molar-refractivity contribution in [2.45, 2.75) is 6.61 Å². The minimum absolute atomic E-state index is 0.0753. The SMILES string of the molecule is N#C/C(=C/c1ccccc1OCc1cccc2ccccc12)C(N)=S. The van der Waals surface area contributed by atoms with E-state index in [0.717, 1.165) is 11.1 Å². The van der Waals surface area contributed by atoms with Gasteiger partial charge in [-0.05, 0) is 28.5 Å². The van der Waals surface area contributed by atoms with Gasteiger partial charge in [0.15, 0.2) is 0 Å². The molecule has 3 aromatic carbocycles. The van der Waals surface area contributed by atoms with E-state index >= 15 is 0 Å². The molecule has 122 valence electrons. The van der Waals surface area contributed by atoms with Crippen molar-refractivity contribution in [1.29, 1.82) is 5.26 Å². The van der Waals surface area contributed by atoms with Crippen LogP contribution in [0.15, 0.2) is 72.3 Å². The molecule has 2 N–H and O–H groups in total. The van der Waals surface area contributed by atoms with E-state index in [1.807, 2.05) is 48.5 Å². The highest BCUT2D eigenvalue weighted by atomic mass is 32.1. The van der Waals surface area contributed by atoms with E-state index < -0.39 is 0 Å². The lowest BCUT2D eigenvalue weighted by Gasteiger charge is -2.11. The summed E-state index contributed by atoms with van der Waals surface area (Å²) in [5.74, 6) is 0.680. The lowest BCUT2D eigenvalue weighted by molar-refractivity contribution is 0.307. The number of hydrogen-bond acceptors (Lipinski definition) is 3. The van der Waals surface area contributed by atoms with Gasteiger partial charge in [0, 0.05) is 5.56 Å². The largest absolute Gasteiger partial charge is 0.488 e. The van der Waals surface area contributed by atoms with E-state index in [-0.39, 0.29) is 10.6 Å². The van der Waals surface area contributed by atoms with Crippen molar-refractivity contribution >= 4 is 34.1 Å². The molecule has 0 heterocycles. The Hall–Kier alpha value is -3.16. The quantitative estimate of drug-likeness (QED) is 0.417. The summed E-state index contributed by atoms with van der Waals surface area (Å²) in [6.07, 6.45) is 1.65. The molecule has 4 heteroatoms. The number of nitriles is 1. The highest BCUT2D eigenvalue weighted by Gasteiger charge is 2.06. The number of benzene rings is 3. The second-order valence-electron chi connectivity index (χ2n) is 5.50. The second kappa shape index (κ2) is 7.61. The first-order chi connectivity index (χ1) is 12.2. The summed E-state index contributed by atoms with van der Waals surface area (Å²) in [4.78, 5) is 0.0753. The maximum atomic E-state index is 9.15. The number of para-hydroxylation sites is 1. The maximum Gasteiger partial charge on any atom is 0.127 e. The number of rotatable bonds is 5. The summed E-state index contributed by atoms with van der Waals surface area (Å²) in [5, 5.41) is 11.5. The first-order valence-corrected chi connectivity index (χ1v) is 8.20. The lowest BCUT2D eigenvalue weighted by Crippen LogP contribution is -2.09. The molecule has 0 radical (unpaired) electrons. The molecule has 3 aromatic rings. The van der Waals surface area contributed by atoms with Crippen molar-refractivity contribution in [3.8, 4) is 11.8 Å². The zero-order valence-electron chi connectivity index (χ0n) is 13.5. The van der Waals surface area contributed by atoms with Crippen molar-refractivity contribution in [3.05, 3.63) is 83.4 Å². The average molecular weight is 344 g/mol. The smallest absolute Gasteiger partial charge is 0.127 e. The van der Waals surface area contributed by atoms with Crippen LogP contribution in [0.25, 0.3) is 16.8 Å². The third-order valence-corrected chi connectivity index (χ3v) is 4.09. The highest BCUT2D eigenvalue weighted by Crippen LogP contribution is 2.24. The van der Waals surface area contributed by atoms with Crippen LogP contribution in [0.2, 0.25) is 0 Å². The third kappa shape index (κ3) is 3.85. The van der Waals surface area contributed by atoms with Crippen LogP contribution in [0.3, 0.4) is 0 Å². The fraction of sp³-hybridized carbons (Fsp3) is 0.0476. The van der Waals surface area contributed by atoms with E-state index in [1.165, 1.54) is 10.8 Å². The van der Waals surface area contributed by atoms with Gasteiger partial charge in [0.25, 0.3) is 0 Å². The predicted molar refractivity (Wildman–Crippen MR) is 105 cm³/mol. The Labute approximate surface area is 152 Å². The summed E-state index contributed by atoms with van der Waals surface area (Å²) in [6.45, 7) is 0.432. The van der Waals surface area contributed by atoms with Crippen LogP contribution in [0, 0.1) is 11.3 Å². The number of thiocarbonyl (C=S) groups is 1. The fourth-order valence-corrected chi connectivity index (χ4v) is 2.72. The maximum absolute atomic E-state index is 9.15. The van der Waals surface area contributed by atoms with Crippen molar-refractivity contribution in [2.24, 2.45) is 5.73 Å². The summed E-state index contributed by atoms with van der Waals surface area (Å²) in [6, 6.07) is 23.9. The second-order valence-corrected chi connectivity index (χ2v) is 5.94. The summed E-state index contributed by atoms with van der Waals surface area (Å²) < 4.78 is 6.02. The van der Waals surface area contributed by atoms with Crippen molar-refractivity contribution < 1.29 is 4.74 Å². The molecule has 3 rings (SSSR count). The van der Waals surface area contributed by atoms with Crippen molar-refractivity contribution in [1.82, 2.24) is 0 Å². The van der Waals surface area contributed by atoms with E-state index in [4.69, 9.17) is 28.0 Å². The van der Waals surface area contributed by atoms with Gasteiger partial charge in [-0.2, -0.15) is 5.26 Å². The van der Waals surface area contributed by atoms with Gasteiger partial charge in [-0.3, -0.25) is 0 Å². The normalized spacial score (nSPS) is 11.1. The van der Waals surface area contributed by atoms with Crippen molar-refractivity contribution in [3.63, 3.8) is 0 Å². The Morgan fingerprint density at radius 3 is 2.56 bits per heavy atom. The summed E-state index contributed by atoms with van der Waals surface area (Å²) in [5.41, 5.74) is 7.71. The molecule has 0 aliphatic rings. The molecule has 3 nitrogen and oxygen atoms in total. The molecule has 0 bridgehead atoms. The zero-order valence-corrected chi connectivity index (χ0v) is 14.3. The van der Waals surface area contributed by atoms with Crippen LogP contribution in [0.4, 0.5) is 0 Å². The van der Waals surface area contributed by atoms with Gasteiger partial charge in [0.2, 0.25) is 0 Å². The van der Waals surface area contributed by atoms with Gasteiger partial charge in [-0.1, -0.05) is 72.9 Å². The average Bonchev–Trinajstić information content (AvgIpc) is 2.65. The van der Waals surface area contributed by atoms with E-state index in [9.17, 15) is 0 Å².